The number of thiol groups is 1. The van der Waals surface area contributed by atoms with E-state index in [1.807, 2.05) is 0 Å². The maximum Gasteiger partial charge on any atom is 0.0823 e. The maximum absolute atomic E-state index is 5.29. The lowest BCUT2D eigenvalue weighted by Gasteiger charge is -2.26. The van der Waals surface area contributed by atoms with E-state index in [0.29, 0.717) is 6.10 Å². The van der Waals surface area contributed by atoms with Crippen LogP contribution in [-0.2, 0) is 4.74 Å². The molecular formula is C5H11NOS. The summed E-state index contributed by atoms with van der Waals surface area (Å²) in [5, 5.41) is 3.12. The normalized spacial score (nSPS) is 20.6. The number of hydrogen-bond donors (Lipinski definition) is 2. The van der Waals surface area contributed by atoms with E-state index in [0.717, 1.165) is 25.4 Å². The molecule has 0 amide bonds. The van der Waals surface area contributed by atoms with Crippen LogP contribution in [0.1, 0.15) is 0 Å². The van der Waals surface area contributed by atoms with Crippen LogP contribution in [0.25, 0.3) is 0 Å². The van der Waals surface area contributed by atoms with E-state index in [4.69, 9.17) is 4.74 Å². The van der Waals surface area contributed by atoms with E-state index < -0.39 is 0 Å². The van der Waals surface area contributed by atoms with Crippen LogP contribution in [0.3, 0.4) is 0 Å². The predicted octanol–water partition coefficient (Wildman–Crippen LogP) is -0.0954. The molecule has 1 saturated heterocycles. The maximum atomic E-state index is 5.29. The summed E-state index contributed by atoms with van der Waals surface area (Å²) in [6, 6.07) is 0. The van der Waals surface area contributed by atoms with Gasteiger partial charge < -0.3 is 10.1 Å². The molecule has 0 unspecified atom stereocenters. The van der Waals surface area contributed by atoms with E-state index in [9.17, 15) is 0 Å². The summed E-state index contributed by atoms with van der Waals surface area (Å²) in [5.41, 5.74) is 0. The molecule has 0 spiro atoms. The van der Waals surface area contributed by atoms with E-state index in [1.165, 1.54) is 0 Å². The summed E-state index contributed by atoms with van der Waals surface area (Å²) in [7, 11) is 0. The Labute approximate surface area is 55.0 Å². The first-order valence-corrected chi connectivity index (χ1v) is 3.50. The van der Waals surface area contributed by atoms with E-state index >= 15 is 0 Å². The first-order chi connectivity index (χ1) is 3.93. The topological polar surface area (TPSA) is 21.3 Å². The number of nitrogens with one attached hydrogen (secondary N) is 1. The highest BCUT2D eigenvalue weighted by Crippen LogP contribution is 1.96. The Hall–Kier alpha value is 0.270. The van der Waals surface area contributed by atoms with Gasteiger partial charge in [-0.3, -0.25) is 0 Å². The van der Waals surface area contributed by atoms with Gasteiger partial charge in [0.05, 0.1) is 12.7 Å². The lowest BCUT2D eigenvalue weighted by Crippen LogP contribution is -2.48. The molecule has 0 saturated carbocycles. The van der Waals surface area contributed by atoms with Gasteiger partial charge >= 0.3 is 0 Å². The van der Waals surface area contributed by atoms with Crippen molar-refractivity contribution in [1.82, 2.24) is 5.32 Å². The average molecular weight is 133 g/mol. The number of rotatable bonds is 3. The zero-order chi connectivity index (χ0) is 5.82. The summed E-state index contributed by atoms with van der Waals surface area (Å²) < 4.78 is 5.29. The lowest BCUT2D eigenvalue weighted by atomic mass is 10.2. The van der Waals surface area contributed by atoms with Gasteiger partial charge in [-0.15, -0.1) is 0 Å². The molecule has 0 aromatic carbocycles. The molecule has 3 heteroatoms. The Balaban J connectivity index is 1.86. The van der Waals surface area contributed by atoms with E-state index in [-0.39, 0.29) is 0 Å². The van der Waals surface area contributed by atoms with Gasteiger partial charge in [0.15, 0.2) is 0 Å². The van der Waals surface area contributed by atoms with Crippen molar-refractivity contribution >= 4 is 12.6 Å². The summed E-state index contributed by atoms with van der Waals surface area (Å²) in [4.78, 5) is 0. The summed E-state index contributed by atoms with van der Waals surface area (Å²) in [5.74, 6) is 0.830. The zero-order valence-corrected chi connectivity index (χ0v) is 5.66. The van der Waals surface area contributed by atoms with Crippen molar-refractivity contribution in [3.8, 4) is 0 Å². The third-order valence-corrected chi connectivity index (χ3v) is 1.37. The average Bonchev–Trinajstić information content (AvgIpc) is 1.63. The fourth-order valence-corrected chi connectivity index (χ4v) is 0.705. The Bertz CT molecular complexity index is 65.4. The molecule has 1 aliphatic rings. The second-order valence-electron chi connectivity index (χ2n) is 1.87. The van der Waals surface area contributed by atoms with Crippen LogP contribution in [0.15, 0.2) is 0 Å². The Morgan fingerprint density at radius 2 is 2.38 bits per heavy atom. The van der Waals surface area contributed by atoms with Gasteiger partial charge in [-0.1, -0.05) is 0 Å². The molecule has 0 aliphatic carbocycles. The molecule has 1 rings (SSSR count). The second-order valence-corrected chi connectivity index (χ2v) is 2.32. The third kappa shape index (κ3) is 1.65. The molecule has 0 atom stereocenters. The van der Waals surface area contributed by atoms with Gasteiger partial charge in [0.2, 0.25) is 0 Å². The van der Waals surface area contributed by atoms with E-state index in [2.05, 4.69) is 17.9 Å². The van der Waals surface area contributed by atoms with Crippen LogP contribution < -0.4 is 5.32 Å². The minimum absolute atomic E-state index is 0.474. The van der Waals surface area contributed by atoms with Crippen LogP contribution in [0, 0.1) is 0 Å². The van der Waals surface area contributed by atoms with Crippen molar-refractivity contribution in [2.45, 2.75) is 6.10 Å². The number of hydrogen-bond acceptors (Lipinski definition) is 3. The Morgan fingerprint density at radius 1 is 1.62 bits per heavy atom. The molecule has 1 fully saturated rings. The molecule has 0 bridgehead atoms. The molecule has 1 N–H and O–H groups in total. The molecule has 0 aromatic rings. The lowest BCUT2D eigenvalue weighted by molar-refractivity contribution is 0.0287. The van der Waals surface area contributed by atoms with Crippen LogP contribution in [0.2, 0.25) is 0 Å². The monoisotopic (exact) mass is 133 g/mol. The fraction of sp³-hybridized carbons (Fsp3) is 1.00. The van der Waals surface area contributed by atoms with Crippen molar-refractivity contribution < 1.29 is 4.74 Å². The van der Waals surface area contributed by atoms with Gasteiger partial charge in [0, 0.05) is 18.8 Å². The highest BCUT2D eigenvalue weighted by Gasteiger charge is 2.15. The summed E-state index contributed by atoms with van der Waals surface area (Å²) in [6.45, 7) is 2.83. The third-order valence-electron chi connectivity index (χ3n) is 1.19. The van der Waals surface area contributed by atoms with Gasteiger partial charge in [0.25, 0.3) is 0 Å². The van der Waals surface area contributed by atoms with Gasteiger partial charge in [-0.25, -0.2) is 0 Å². The minimum atomic E-state index is 0.474. The smallest absolute Gasteiger partial charge is 0.0823 e. The molecule has 8 heavy (non-hydrogen) atoms. The molecule has 2 nitrogen and oxygen atoms in total. The molecule has 1 aliphatic heterocycles. The van der Waals surface area contributed by atoms with Crippen molar-refractivity contribution in [1.29, 1.82) is 0 Å². The van der Waals surface area contributed by atoms with Crippen molar-refractivity contribution in [3.05, 3.63) is 0 Å². The number of ether oxygens (including phenoxy) is 1. The highest BCUT2D eigenvalue weighted by atomic mass is 32.1. The van der Waals surface area contributed by atoms with Crippen molar-refractivity contribution in [2.24, 2.45) is 0 Å². The second kappa shape index (κ2) is 3.33. The quantitative estimate of drug-likeness (QED) is 0.525. The molecular weight excluding hydrogens is 122 g/mol. The minimum Gasteiger partial charge on any atom is -0.375 e. The summed E-state index contributed by atoms with van der Waals surface area (Å²) in [6.07, 6.45) is 0.474. The molecule has 0 aromatic heterocycles. The Kier molecular flexibility index (Phi) is 2.66. The van der Waals surface area contributed by atoms with Crippen LogP contribution in [0.5, 0.6) is 0 Å². The molecule has 0 radical (unpaired) electrons. The first kappa shape index (κ1) is 6.39. The summed E-state index contributed by atoms with van der Waals surface area (Å²) >= 11 is 4.01. The van der Waals surface area contributed by atoms with Crippen LogP contribution in [0.4, 0.5) is 0 Å². The SMILES string of the molecule is SCCOC1CNC1. The van der Waals surface area contributed by atoms with Gasteiger partial charge in [0.1, 0.15) is 0 Å². The highest BCUT2D eigenvalue weighted by molar-refractivity contribution is 7.80. The standard InChI is InChI=1S/C5H11NOS/c8-2-1-7-5-3-6-4-5/h5-6,8H,1-4H2. The Morgan fingerprint density at radius 3 is 2.75 bits per heavy atom. The van der Waals surface area contributed by atoms with Crippen LogP contribution in [-0.4, -0.2) is 31.6 Å². The van der Waals surface area contributed by atoms with Crippen molar-refractivity contribution in [2.75, 3.05) is 25.4 Å². The predicted molar refractivity (Wildman–Crippen MR) is 36.5 cm³/mol. The first-order valence-electron chi connectivity index (χ1n) is 2.86. The van der Waals surface area contributed by atoms with Crippen molar-refractivity contribution in [3.63, 3.8) is 0 Å². The molecule has 1 heterocycles. The fourth-order valence-electron chi connectivity index (χ4n) is 0.599. The van der Waals surface area contributed by atoms with Crippen LogP contribution >= 0.6 is 12.6 Å². The zero-order valence-electron chi connectivity index (χ0n) is 4.76. The van der Waals surface area contributed by atoms with Gasteiger partial charge in [-0.05, 0) is 0 Å². The van der Waals surface area contributed by atoms with E-state index in [1.54, 1.807) is 0 Å². The largest absolute Gasteiger partial charge is 0.375 e. The van der Waals surface area contributed by atoms with Gasteiger partial charge in [-0.2, -0.15) is 12.6 Å². The molecule has 48 valence electrons.